The van der Waals surface area contributed by atoms with Gasteiger partial charge in [0.25, 0.3) is 5.91 Å². The first-order chi connectivity index (χ1) is 10.3. The topological polar surface area (TPSA) is 46.9 Å². The molecular formula is C18H29N3O. The number of allylic oxidation sites excluding steroid dienone is 2. The van der Waals surface area contributed by atoms with Crippen LogP contribution in [0.25, 0.3) is 0 Å². The predicted octanol–water partition coefficient (Wildman–Crippen LogP) is 3.85. The third kappa shape index (κ3) is 3.99. The van der Waals surface area contributed by atoms with Gasteiger partial charge in [-0.2, -0.15) is 5.10 Å². The molecule has 0 bridgehead atoms. The van der Waals surface area contributed by atoms with Crippen LogP contribution < -0.4 is 5.32 Å². The van der Waals surface area contributed by atoms with Crippen molar-refractivity contribution in [2.45, 2.75) is 65.3 Å². The summed E-state index contributed by atoms with van der Waals surface area (Å²) in [5.74, 6) is 0.847. The third-order valence-corrected chi connectivity index (χ3v) is 4.13. The molecule has 0 spiro atoms. The molecule has 1 aromatic rings. The van der Waals surface area contributed by atoms with Crippen molar-refractivity contribution in [3.63, 3.8) is 0 Å². The highest BCUT2D eigenvalue weighted by molar-refractivity contribution is 5.92. The highest BCUT2D eigenvalue weighted by Gasteiger charge is 2.23. The number of rotatable bonds is 4. The van der Waals surface area contributed by atoms with Crippen LogP contribution in [0.3, 0.4) is 0 Å². The van der Waals surface area contributed by atoms with Gasteiger partial charge < -0.3 is 5.32 Å². The molecule has 0 saturated carbocycles. The molecule has 0 aliphatic heterocycles. The van der Waals surface area contributed by atoms with Crippen LogP contribution in [0.1, 0.15) is 76.0 Å². The van der Waals surface area contributed by atoms with Gasteiger partial charge in [-0.1, -0.05) is 26.0 Å². The lowest BCUT2D eigenvalue weighted by Crippen LogP contribution is -2.31. The van der Waals surface area contributed by atoms with Gasteiger partial charge in [0.05, 0.1) is 5.54 Å². The Bertz CT molecular complexity index is 549. The second kappa shape index (κ2) is 6.67. The van der Waals surface area contributed by atoms with Crippen molar-refractivity contribution in [1.29, 1.82) is 0 Å². The van der Waals surface area contributed by atoms with E-state index < -0.39 is 0 Å². The second-order valence-electron chi connectivity index (χ2n) is 7.55. The van der Waals surface area contributed by atoms with Gasteiger partial charge in [-0.15, -0.1) is 0 Å². The SMILES string of the molecule is CC(C)c1cc(C(=O)NCC2CC=CCC2)nn1C(C)(C)C. The summed E-state index contributed by atoms with van der Waals surface area (Å²) in [6.07, 6.45) is 7.78. The smallest absolute Gasteiger partial charge is 0.271 e. The van der Waals surface area contributed by atoms with E-state index in [1.165, 1.54) is 0 Å². The molecule has 0 radical (unpaired) electrons. The monoisotopic (exact) mass is 303 g/mol. The summed E-state index contributed by atoms with van der Waals surface area (Å²) >= 11 is 0. The van der Waals surface area contributed by atoms with Gasteiger partial charge in [-0.05, 0) is 57.9 Å². The van der Waals surface area contributed by atoms with Gasteiger partial charge in [0.2, 0.25) is 0 Å². The molecule has 1 unspecified atom stereocenters. The first-order valence-electron chi connectivity index (χ1n) is 8.32. The van der Waals surface area contributed by atoms with Crippen molar-refractivity contribution >= 4 is 5.91 Å². The first kappa shape index (κ1) is 16.8. The van der Waals surface area contributed by atoms with Crippen LogP contribution in [0.2, 0.25) is 0 Å². The lowest BCUT2D eigenvalue weighted by molar-refractivity contribution is 0.0939. The zero-order chi connectivity index (χ0) is 16.3. The number of nitrogens with one attached hydrogen (secondary N) is 1. The number of carbonyl (C=O) groups excluding carboxylic acids is 1. The number of carbonyl (C=O) groups is 1. The van der Waals surface area contributed by atoms with Gasteiger partial charge >= 0.3 is 0 Å². The summed E-state index contributed by atoms with van der Waals surface area (Å²) in [4.78, 5) is 12.4. The molecule has 1 atom stereocenters. The molecule has 0 aromatic carbocycles. The Kier molecular flexibility index (Phi) is 5.09. The average Bonchev–Trinajstić information content (AvgIpc) is 2.91. The van der Waals surface area contributed by atoms with E-state index >= 15 is 0 Å². The maximum absolute atomic E-state index is 12.4. The van der Waals surface area contributed by atoms with Crippen LogP contribution in [0.5, 0.6) is 0 Å². The molecular weight excluding hydrogens is 274 g/mol. The Morgan fingerprint density at radius 3 is 2.64 bits per heavy atom. The molecule has 1 amide bonds. The van der Waals surface area contributed by atoms with Crippen LogP contribution in [0.15, 0.2) is 18.2 Å². The summed E-state index contributed by atoms with van der Waals surface area (Å²) in [6, 6.07) is 1.94. The number of amides is 1. The van der Waals surface area contributed by atoms with Gasteiger partial charge in [0.1, 0.15) is 5.69 Å². The molecule has 1 aliphatic carbocycles. The number of hydrogen-bond donors (Lipinski definition) is 1. The number of aromatic nitrogens is 2. The van der Waals surface area contributed by atoms with Crippen molar-refractivity contribution in [2.75, 3.05) is 6.54 Å². The highest BCUT2D eigenvalue weighted by atomic mass is 16.1. The Labute approximate surface area is 134 Å². The van der Waals surface area contributed by atoms with E-state index in [-0.39, 0.29) is 11.4 Å². The van der Waals surface area contributed by atoms with E-state index in [1.807, 2.05) is 10.7 Å². The van der Waals surface area contributed by atoms with Crippen LogP contribution in [-0.4, -0.2) is 22.2 Å². The minimum absolute atomic E-state index is 0.0561. The summed E-state index contributed by atoms with van der Waals surface area (Å²) in [5.41, 5.74) is 1.52. The van der Waals surface area contributed by atoms with Gasteiger partial charge in [0, 0.05) is 12.2 Å². The second-order valence-corrected chi connectivity index (χ2v) is 7.55. The molecule has 4 heteroatoms. The molecule has 1 heterocycles. The normalized spacial score (nSPS) is 18.7. The summed E-state index contributed by atoms with van der Waals surface area (Å²) in [7, 11) is 0. The van der Waals surface area contributed by atoms with E-state index in [1.54, 1.807) is 0 Å². The maximum atomic E-state index is 12.4. The Morgan fingerprint density at radius 2 is 2.14 bits per heavy atom. The first-order valence-corrected chi connectivity index (χ1v) is 8.32. The van der Waals surface area contributed by atoms with Crippen molar-refractivity contribution in [3.05, 3.63) is 29.6 Å². The maximum Gasteiger partial charge on any atom is 0.271 e. The molecule has 2 rings (SSSR count). The van der Waals surface area contributed by atoms with Gasteiger partial charge in [0.15, 0.2) is 0 Å². The zero-order valence-electron chi connectivity index (χ0n) is 14.5. The van der Waals surface area contributed by atoms with Crippen molar-refractivity contribution in [1.82, 2.24) is 15.1 Å². The largest absolute Gasteiger partial charge is 0.350 e. The van der Waals surface area contributed by atoms with Crippen molar-refractivity contribution in [3.8, 4) is 0 Å². The average molecular weight is 303 g/mol. The van der Waals surface area contributed by atoms with E-state index in [4.69, 9.17) is 0 Å². The summed E-state index contributed by atoms with van der Waals surface area (Å²) in [6.45, 7) is 11.3. The van der Waals surface area contributed by atoms with Gasteiger partial charge in [-0.3, -0.25) is 9.48 Å². The highest BCUT2D eigenvalue weighted by Crippen LogP contribution is 2.23. The quantitative estimate of drug-likeness (QED) is 0.859. The summed E-state index contributed by atoms with van der Waals surface area (Å²) < 4.78 is 1.98. The fraction of sp³-hybridized carbons (Fsp3) is 0.667. The Morgan fingerprint density at radius 1 is 1.41 bits per heavy atom. The lowest BCUT2D eigenvalue weighted by atomic mass is 9.94. The molecule has 22 heavy (non-hydrogen) atoms. The van der Waals surface area contributed by atoms with Crippen LogP contribution >= 0.6 is 0 Å². The fourth-order valence-corrected chi connectivity index (χ4v) is 2.82. The van der Waals surface area contributed by atoms with Gasteiger partial charge in [-0.25, -0.2) is 0 Å². The van der Waals surface area contributed by atoms with E-state index in [0.29, 0.717) is 17.5 Å². The van der Waals surface area contributed by atoms with Crippen molar-refractivity contribution < 1.29 is 4.79 Å². The molecule has 0 fully saturated rings. The fourth-order valence-electron chi connectivity index (χ4n) is 2.82. The molecule has 1 aromatic heterocycles. The van der Waals surface area contributed by atoms with Crippen LogP contribution in [0.4, 0.5) is 0 Å². The molecule has 4 nitrogen and oxygen atoms in total. The van der Waals surface area contributed by atoms with Crippen molar-refractivity contribution in [2.24, 2.45) is 5.92 Å². The minimum Gasteiger partial charge on any atom is -0.350 e. The Hall–Kier alpha value is -1.58. The van der Waals surface area contributed by atoms with E-state index in [0.717, 1.165) is 31.5 Å². The van der Waals surface area contributed by atoms with E-state index in [2.05, 4.69) is 57.2 Å². The lowest BCUT2D eigenvalue weighted by Gasteiger charge is -2.23. The number of nitrogens with zero attached hydrogens (tertiary/aromatic N) is 2. The van der Waals surface area contributed by atoms with E-state index in [9.17, 15) is 4.79 Å². The van der Waals surface area contributed by atoms with Crippen LogP contribution in [-0.2, 0) is 5.54 Å². The standard InChI is InChI=1S/C18H29N3O/c1-13(2)16-11-15(20-21(16)18(3,4)5)17(22)19-12-14-9-7-6-8-10-14/h6-7,11,13-14H,8-10,12H2,1-5H3,(H,19,22). The minimum atomic E-state index is -0.119. The molecule has 1 N–H and O–H groups in total. The third-order valence-electron chi connectivity index (χ3n) is 4.13. The molecule has 1 aliphatic rings. The number of hydrogen-bond acceptors (Lipinski definition) is 2. The summed E-state index contributed by atoms with van der Waals surface area (Å²) in [5, 5.41) is 7.61. The predicted molar refractivity (Wildman–Crippen MR) is 90.1 cm³/mol. The molecule has 122 valence electrons. The Balaban J connectivity index is 2.08. The van der Waals surface area contributed by atoms with Crippen LogP contribution in [0, 0.1) is 5.92 Å². The molecule has 0 saturated heterocycles. The zero-order valence-corrected chi connectivity index (χ0v) is 14.5.